The number of hydrogen-bond donors (Lipinski definition) is 1. The van der Waals surface area contributed by atoms with E-state index in [1.807, 2.05) is 0 Å². The summed E-state index contributed by atoms with van der Waals surface area (Å²) in [6.45, 7) is 10.7. The molecular weight excluding hydrogens is 248 g/mol. The van der Waals surface area contributed by atoms with Gasteiger partial charge in [0.2, 0.25) is 0 Å². The summed E-state index contributed by atoms with van der Waals surface area (Å²) in [6.07, 6.45) is 4.03. The lowest BCUT2D eigenvalue weighted by molar-refractivity contribution is 0.103. The van der Waals surface area contributed by atoms with Crippen LogP contribution < -0.4 is 0 Å². The highest BCUT2D eigenvalue weighted by Crippen LogP contribution is 2.27. The Morgan fingerprint density at radius 2 is 1.41 bits per heavy atom. The van der Waals surface area contributed by atoms with Crippen molar-refractivity contribution in [1.29, 1.82) is 0 Å². The van der Waals surface area contributed by atoms with Gasteiger partial charge in [0.15, 0.2) is 0 Å². The Balaban J connectivity index is 4.63. The minimum atomic E-state index is -2.01. The van der Waals surface area contributed by atoms with Crippen LogP contribution in [-0.4, -0.2) is 26.5 Å². The highest BCUT2D eigenvalue weighted by atomic mass is 32.1. The van der Waals surface area contributed by atoms with E-state index < -0.39 is 8.56 Å². The maximum absolute atomic E-state index is 6.24. The van der Waals surface area contributed by atoms with Gasteiger partial charge in [-0.3, -0.25) is 0 Å². The van der Waals surface area contributed by atoms with Crippen molar-refractivity contribution in [2.45, 2.75) is 78.2 Å². The second-order valence-corrected chi connectivity index (χ2v) is 8.91. The smallest absolute Gasteiger partial charge is 0.338 e. The molecule has 0 atom stereocenters. The third-order valence-electron chi connectivity index (χ3n) is 2.53. The minimum Gasteiger partial charge on any atom is -0.392 e. The standard InChI is InChI=1S/C13H30O2SSi/c1-6-7-10-17(11-8-9-16,14-12(2)3)15-13(4)5/h12-13,16H,6-11H2,1-5H3. The van der Waals surface area contributed by atoms with Crippen LogP contribution >= 0.6 is 12.6 Å². The molecule has 0 aliphatic carbocycles. The largest absolute Gasteiger partial charge is 0.392 e. The van der Waals surface area contributed by atoms with E-state index in [2.05, 4.69) is 47.2 Å². The molecule has 0 bridgehead atoms. The van der Waals surface area contributed by atoms with Gasteiger partial charge in [-0.15, -0.1) is 0 Å². The van der Waals surface area contributed by atoms with Crippen LogP contribution in [0.5, 0.6) is 0 Å². The molecule has 17 heavy (non-hydrogen) atoms. The summed E-state index contributed by atoms with van der Waals surface area (Å²) in [6, 6.07) is 2.19. The van der Waals surface area contributed by atoms with E-state index in [-0.39, 0.29) is 12.2 Å². The summed E-state index contributed by atoms with van der Waals surface area (Å²) in [5.74, 6) is 0.920. The molecule has 0 heterocycles. The minimum absolute atomic E-state index is 0.261. The lowest BCUT2D eigenvalue weighted by atomic mass is 10.4. The van der Waals surface area contributed by atoms with Gasteiger partial charge < -0.3 is 8.85 Å². The molecule has 0 aliphatic rings. The fraction of sp³-hybridized carbons (Fsp3) is 1.00. The van der Waals surface area contributed by atoms with Gasteiger partial charge in [0.1, 0.15) is 0 Å². The SMILES string of the molecule is CCCC[Si](CCCS)(OC(C)C)OC(C)C. The van der Waals surface area contributed by atoms with E-state index in [1.165, 1.54) is 12.8 Å². The Bertz CT molecular complexity index is 166. The second-order valence-electron chi connectivity index (χ2n) is 5.17. The molecule has 0 amide bonds. The van der Waals surface area contributed by atoms with Crippen LogP contribution in [0.2, 0.25) is 12.1 Å². The number of rotatable bonds is 10. The first-order chi connectivity index (χ1) is 7.95. The summed E-state index contributed by atoms with van der Waals surface area (Å²) in [7, 11) is -2.01. The Morgan fingerprint density at radius 3 is 1.76 bits per heavy atom. The molecule has 4 heteroatoms. The Morgan fingerprint density at radius 1 is 0.941 bits per heavy atom. The van der Waals surface area contributed by atoms with Crippen molar-refractivity contribution in [3.63, 3.8) is 0 Å². The number of thiol groups is 1. The van der Waals surface area contributed by atoms with Crippen molar-refractivity contribution in [2.24, 2.45) is 0 Å². The van der Waals surface area contributed by atoms with Crippen molar-refractivity contribution >= 4 is 21.2 Å². The zero-order valence-corrected chi connectivity index (χ0v) is 14.1. The van der Waals surface area contributed by atoms with Crippen molar-refractivity contribution in [2.75, 3.05) is 5.75 Å². The van der Waals surface area contributed by atoms with E-state index in [0.29, 0.717) is 0 Å². The van der Waals surface area contributed by atoms with Crippen LogP contribution in [0.25, 0.3) is 0 Å². The summed E-state index contributed by atoms with van der Waals surface area (Å²) in [4.78, 5) is 0. The van der Waals surface area contributed by atoms with Crippen molar-refractivity contribution < 1.29 is 8.85 Å². The molecule has 0 saturated carbocycles. The zero-order chi connectivity index (χ0) is 13.3. The Hall–Kier alpha value is 0.487. The third kappa shape index (κ3) is 8.24. The topological polar surface area (TPSA) is 18.5 Å². The molecule has 0 radical (unpaired) electrons. The normalized spacial score (nSPS) is 12.7. The van der Waals surface area contributed by atoms with Gasteiger partial charge in [-0.2, -0.15) is 12.6 Å². The molecule has 2 nitrogen and oxygen atoms in total. The highest BCUT2D eigenvalue weighted by molar-refractivity contribution is 7.80. The number of hydrogen-bond acceptors (Lipinski definition) is 3. The lowest BCUT2D eigenvalue weighted by Crippen LogP contribution is -2.46. The van der Waals surface area contributed by atoms with Gasteiger partial charge in [-0.1, -0.05) is 19.8 Å². The van der Waals surface area contributed by atoms with Crippen LogP contribution in [-0.2, 0) is 8.85 Å². The molecule has 0 N–H and O–H groups in total. The average molecular weight is 279 g/mol. The van der Waals surface area contributed by atoms with E-state index in [9.17, 15) is 0 Å². The molecule has 0 aromatic heterocycles. The average Bonchev–Trinajstić information content (AvgIpc) is 2.22. The zero-order valence-electron chi connectivity index (χ0n) is 12.2. The van der Waals surface area contributed by atoms with Crippen molar-refractivity contribution in [3.05, 3.63) is 0 Å². The fourth-order valence-corrected chi connectivity index (χ4v) is 6.60. The van der Waals surface area contributed by atoms with Crippen LogP contribution in [0.15, 0.2) is 0 Å². The molecule has 0 aromatic rings. The highest BCUT2D eigenvalue weighted by Gasteiger charge is 2.38. The molecule has 104 valence electrons. The fourth-order valence-electron chi connectivity index (χ4n) is 2.04. The van der Waals surface area contributed by atoms with Crippen LogP contribution in [0, 0.1) is 0 Å². The first-order valence-electron chi connectivity index (χ1n) is 6.92. The predicted octanol–water partition coefficient (Wildman–Crippen LogP) is 4.40. The lowest BCUT2D eigenvalue weighted by Gasteiger charge is -2.34. The van der Waals surface area contributed by atoms with E-state index in [4.69, 9.17) is 8.85 Å². The van der Waals surface area contributed by atoms with Gasteiger partial charge in [0.05, 0.1) is 0 Å². The van der Waals surface area contributed by atoms with Gasteiger partial charge in [0, 0.05) is 12.2 Å². The predicted molar refractivity (Wildman–Crippen MR) is 81.2 cm³/mol. The first-order valence-corrected chi connectivity index (χ1v) is 9.78. The number of unbranched alkanes of at least 4 members (excludes halogenated alkanes) is 1. The molecule has 0 aromatic carbocycles. The third-order valence-corrected chi connectivity index (χ3v) is 6.88. The molecule has 0 rings (SSSR count). The maximum atomic E-state index is 6.24. The van der Waals surface area contributed by atoms with Crippen LogP contribution in [0.1, 0.15) is 53.9 Å². The van der Waals surface area contributed by atoms with Crippen LogP contribution in [0.4, 0.5) is 0 Å². The van der Waals surface area contributed by atoms with Gasteiger partial charge in [-0.25, -0.2) is 0 Å². The first kappa shape index (κ1) is 17.5. The Labute approximate surface area is 114 Å². The van der Waals surface area contributed by atoms with E-state index in [0.717, 1.165) is 24.3 Å². The maximum Gasteiger partial charge on any atom is 0.338 e. The molecular formula is C13H30O2SSi. The van der Waals surface area contributed by atoms with Gasteiger partial charge >= 0.3 is 8.56 Å². The van der Waals surface area contributed by atoms with Crippen molar-refractivity contribution in [3.8, 4) is 0 Å². The summed E-state index contributed by atoms with van der Waals surface area (Å²) in [5, 5.41) is 0. The molecule has 0 aliphatic heterocycles. The molecule has 0 fully saturated rings. The molecule has 0 spiro atoms. The molecule has 0 saturated heterocycles. The van der Waals surface area contributed by atoms with Crippen molar-refractivity contribution in [1.82, 2.24) is 0 Å². The monoisotopic (exact) mass is 278 g/mol. The quantitative estimate of drug-likeness (QED) is 0.472. The summed E-state index contributed by atoms with van der Waals surface area (Å²) >= 11 is 4.32. The van der Waals surface area contributed by atoms with Gasteiger partial charge in [0.25, 0.3) is 0 Å². The second kappa shape index (κ2) is 9.42. The summed E-state index contributed by atoms with van der Waals surface area (Å²) in [5.41, 5.74) is 0. The van der Waals surface area contributed by atoms with E-state index >= 15 is 0 Å². The Kier molecular flexibility index (Phi) is 9.69. The van der Waals surface area contributed by atoms with E-state index in [1.54, 1.807) is 0 Å². The summed E-state index contributed by atoms with van der Waals surface area (Å²) < 4.78 is 12.5. The van der Waals surface area contributed by atoms with Gasteiger partial charge in [-0.05, 0) is 52.0 Å². The van der Waals surface area contributed by atoms with Crippen LogP contribution in [0.3, 0.4) is 0 Å². The molecule has 0 unspecified atom stereocenters.